The molecule has 0 aliphatic heterocycles. The van der Waals surface area contributed by atoms with Crippen molar-refractivity contribution in [3.05, 3.63) is 57.6 Å². The van der Waals surface area contributed by atoms with Gasteiger partial charge in [-0.25, -0.2) is 4.79 Å². The number of rotatable bonds is 5. The van der Waals surface area contributed by atoms with Gasteiger partial charge in [-0.1, -0.05) is 17.7 Å². The fraction of sp³-hybridized carbons (Fsp3) is 0.300. The first kappa shape index (κ1) is 19.8. The zero-order valence-electron chi connectivity index (χ0n) is 15.5. The topological polar surface area (TPSA) is 64.6 Å². The van der Waals surface area contributed by atoms with Crippen molar-refractivity contribution in [2.75, 3.05) is 12.4 Å². The van der Waals surface area contributed by atoms with Gasteiger partial charge >= 0.3 is 5.97 Å². The quantitative estimate of drug-likeness (QED) is 0.784. The van der Waals surface area contributed by atoms with E-state index in [1.54, 1.807) is 13.0 Å². The molecule has 0 heterocycles. The van der Waals surface area contributed by atoms with Gasteiger partial charge in [-0.3, -0.25) is 4.79 Å². The van der Waals surface area contributed by atoms with Crippen molar-refractivity contribution in [2.24, 2.45) is 0 Å². The summed E-state index contributed by atoms with van der Waals surface area (Å²) in [5.41, 5.74) is 3.79. The Balaban J connectivity index is 2.14. The molecule has 1 unspecified atom stereocenters. The predicted molar refractivity (Wildman–Crippen MR) is 102 cm³/mol. The number of hydrogen-bond donors (Lipinski definition) is 1. The van der Waals surface area contributed by atoms with Crippen LogP contribution < -0.4 is 10.1 Å². The van der Waals surface area contributed by atoms with Crippen molar-refractivity contribution < 1.29 is 19.1 Å². The minimum atomic E-state index is -0.716. The van der Waals surface area contributed by atoms with E-state index in [0.717, 1.165) is 16.7 Å². The number of hydrogen-bond acceptors (Lipinski definition) is 4. The molecule has 2 rings (SSSR count). The Hall–Kier alpha value is -2.53. The number of nitrogens with one attached hydrogen (secondary N) is 1. The Morgan fingerprint density at radius 2 is 1.81 bits per heavy atom. The maximum atomic E-state index is 12.4. The van der Waals surface area contributed by atoms with Gasteiger partial charge in [0.25, 0.3) is 5.91 Å². The van der Waals surface area contributed by atoms with Gasteiger partial charge in [0.2, 0.25) is 0 Å². The Labute approximate surface area is 158 Å². The molecule has 0 aromatic heterocycles. The Bertz CT molecular complexity index is 848. The average molecular weight is 376 g/mol. The molecule has 0 radical (unpaired) electrons. The summed E-state index contributed by atoms with van der Waals surface area (Å²) in [4.78, 5) is 24.2. The van der Waals surface area contributed by atoms with Crippen LogP contribution in [0, 0.1) is 20.8 Å². The van der Waals surface area contributed by atoms with Gasteiger partial charge in [-0.15, -0.1) is 0 Å². The highest BCUT2D eigenvalue weighted by Gasteiger charge is 2.18. The van der Waals surface area contributed by atoms with Crippen LogP contribution in [-0.2, 0) is 9.53 Å². The number of benzene rings is 2. The van der Waals surface area contributed by atoms with Crippen LogP contribution in [0.1, 0.15) is 34.0 Å². The fourth-order valence-electron chi connectivity index (χ4n) is 2.48. The second-order valence-electron chi connectivity index (χ2n) is 6.14. The molecule has 1 amide bonds. The lowest BCUT2D eigenvalue weighted by Gasteiger charge is -2.18. The van der Waals surface area contributed by atoms with Crippen molar-refractivity contribution in [1.29, 1.82) is 0 Å². The van der Waals surface area contributed by atoms with Gasteiger partial charge in [0.15, 0.2) is 6.10 Å². The normalized spacial score (nSPS) is 11.6. The highest BCUT2D eigenvalue weighted by Crippen LogP contribution is 2.25. The van der Waals surface area contributed by atoms with Crippen molar-refractivity contribution in [2.45, 2.75) is 33.8 Å². The van der Waals surface area contributed by atoms with Crippen LogP contribution in [0.2, 0.25) is 5.02 Å². The lowest BCUT2D eigenvalue weighted by Crippen LogP contribution is -2.30. The SMILES string of the molecule is COC(=O)c1cc(NC(=O)C(C)Oc2cc(C)cc(C)c2C)ccc1Cl. The van der Waals surface area contributed by atoms with Crippen molar-refractivity contribution in [3.63, 3.8) is 0 Å². The number of aryl methyl sites for hydroxylation is 2. The average Bonchev–Trinajstić information content (AvgIpc) is 2.60. The summed E-state index contributed by atoms with van der Waals surface area (Å²) in [5.74, 6) is -0.223. The highest BCUT2D eigenvalue weighted by molar-refractivity contribution is 6.33. The van der Waals surface area contributed by atoms with Crippen molar-refractivity contribution in [3.8, 4) is 5.75 Å². The molecule has 0 fully saturated rings. The molecule has 1 atom stereocenters. The van der Waals surface area contributed by atoms with Crippen molar-refractivity contribution in [1.82, 2.24) is 0 Å². The first-order chi connectivity index (χ1) is 12.2. The summed E-state index contributed by atoms with van der Waals surface area (Å²) in [7, 11) is 1.27. The summed E-state index contributed by atoms with van der Waals surface area (Å²) in [6, 6.07) is 8.59. The molecule has 0 aliphatic carbocycles. The number of methoxy groups -OCH3 is 1. The highest BCUT2D eigenvalue weighted by atomic mass is 35.5. The Kier molecular flexibility index (Phi) is 6.27. The van der Waals surface area contributed by atoms with Crippen LogP contribution in [0.5, 0.6) is 5.75 Å². The van der Waals surface area contributed by atoms with Gasteiger partial charge in [0.05, 0.1) is 17.7 Å². The molecular weight excluding hydrogens is 354 g/mol. The van der Waals surface area contributed by atoms with E-state index in [4.69, 9.17) is 16.3 Å². The molecule has 0 spiro atoms. The van der Waals surface area contributed by atoms with Gasteiger partial charge in [-0.05, 0) is 68.7 Å². The first-order valence-electron chi connectivity index (χ1n) is 8.16. The molecule has 138 valence electrons. The fourth-order valence-corrected chi connectivity index (χ4v) is 2.68. The minimum absolute atomic E-state index is 0.186. The van der Waals surface area contributed by atoms with Crippen LogP contribution in [0.15, 0.2) is 30.3 Å². The van der Waals surface area contributed by atoms with E-state index < -0.39 is 12.1 Å². The molecule has 0 saturated heterocycles. The number of carbonyl (C=O) groups excluding carboxylic acids is 2. The molecular formula is C20H22ClNO4. The summed E-state index contributed by atoms with van der Waals surface area (Å²) < 4.78 is 10.5. The largest absolute Gasteiger partial charge is 0.481 e. The molecule has 0 saturated carbocycles. The third-order valence-electron chi connectivity index (χ3n) is 4.08. The maximum Gasteiger partial charge on any atom is 0.339 e. The number of anilines is 1. The second kappa shape index (κ2) is 8.23. The maximum absolute atomic E-state index is 12.4. The summed E-state index contributed by atoms with van der Waals surface area (Å²) in [6.45, 7) is 7.61. The number of halogens is 1. The van der Waals surface area contributed by atoms with E-state index in [9.17, 15) is 9.59 Å². The third-order valence-corrected chi connectivity index (χ3v) is 4.41. The van der Waals surface area contributed by atoms with Crippen molar-refractivity contribution >= 4 is 29.2 Å². The lowest BCUT2D eigenvalue weighted by atomic mass is 10.1. The molecule has 1 N–H and O–H groups in total. The number of esters is 1. The number of carbonyl (C=O) groups is 2. The van der Waals surface area contributed by atoms with Crippen LogP contribution >= 0.6 is 11.6 Å². The molecule has 2 aromatic rings. The molecule has 5 nitrogen and oxygen atoms in total. The van der Waals surface area contributed by atoms with Gasteiger partial charge < -0.3 is 14.8 Å². The summed E-state index contributed by atoms with van der Waals surface area (Å²) >= 11 is 5.99. The van der Waals surface area contributed by atoms with E-state index in [-0.39, 0.29) is 16.5 Å². The standard InChI is InChI=1S/C20H22ClNO4/c1-11-8-12(2)13(3)18(9-11)26-14(4)19(23)22-15-6-7-17(21)16(10-15)20(24)25-5/h6-10,14H,1-5H3,(H,22,23). The molecule has 0 bridgehead atoms. The Morgan fingerprint density at radius 3 is 2.46 bits per heavy atom. The predicted octanol–water partition coefficient (Wildman–Crippen LogP) is 4.46. The molecule has 0 aliphatic rings. The van der Waals surface area contributed by atoms with Crippen LogP contribution in [0.3, 0.4) is 0 Å². The van der Waals surface area contributed by atoms with E-state index in [2.05, 4.69) is 16.1 Å². The first-order valence-corrected chi connectivity index (χ1v) is 8.54. The van der Waals surface area contributed by atoms with Gasteiger partial charge in [-0.2, -0.15) is 0 Å². The van der Waals surface area contributed by atoms with Crippen LogP contribution in [-0.4, -0.2) is 25.1 Å². The monoisotopic (exact) mass is 375 g/mol. The van der Waals surface area contributed by atoms with Gasteiger partial charge in [0.1, 0.15) is 5.75 Å². The summed E-state index contributed by atoms with van der Waals surface area (Å²) in [6.07, 6.45) is -0.716. The summed E-state index contributed by atoms with van der Waals surface area (Å²) in [5, 5.41) is 2.98. The molecule has 26 heavy (non-hydrogen) atoms. The number of amides is 1. The third kappa shape index (κ3) is 4.55. The van der Waals surface area contributed by atoms with Crippen LogP contribution in [0.4, 0.5) is 5.69 Å². The zero-order valence-corrected chi connectivity index (χ0v) is 16.2. The minimum Gasteiger partial charge on any atom is -0.481 e. The molecule has 2 aromatic carbocycles. The van der Waals surface area contributed by atoms with E-state index in [0.29, 0.717) is 11.4 Å². The smallest absolute Gasteiger partial charge is 0.339 e. The molecule has 6 heteroatoms. The van der Waals surface area contributed by atoms with Crippen LogP contribution in [0.25, 0.3) is 0 Å². The lowest BCUT2D eigenvalue weighted by molar-refractivity contribution is -0.122. The number of ether oxygens (including phenoxy) is 2. The zero-order chi connectivity index (χ0) is 19.4. The second-order valence-corrected chi connectivity index (χ2v) is 6.55. The van der Waals surface area contributed by atoms with E-state index in [1.165, 1.54) is 19.2 Å². The van der Waals surface area contributed by atoms with Gasteiger partial charge in [0, 0.05) is 5.69 Å². The van der Waals surface area contributed by atoms with E-state index in [1.807, 2.05) is 26.8 Å². The Morgan fingerprint density at radius 1 is 1.12 bits per heavy atom. The van der Waals surface area contributed by atoms with E-state index >= 15 is 0 Å².